The van der Waals surface area contributed by atoms with Gasteiger partial charge in [0.05, 0.1) is 13.2 Å². The molecule has 1 atom stereocenters. The van der Waals surface area contributed by atoms with Crippen LogP contribution in [0.5, 0.6) is 5.75 Å². The fourth-order valence-corrected chi connectivity index (χ4v) is 2.66. The summed E-state index contributed by atoms with van der Waals surface area (Å²) in [5, 5.41) is 0.577. The van der Waals surface area contributed by atoms with E-state index in [0.717, 1.165) is 11.3 Å². The molecule has 0 heterocycles. The van der Waals surface area contributed by atoms with E-state index in [1.165, 1.54) is 12.1 Å². The summed E-state index contributed by atoms with van der Waals surface area (Å²) >= 11 is 6.31. The lowest BCUT2D eigenvalue weighted by Crippen LogP contribution is -2.31. The van der Waals surface area contributed by atoms with Crippen molar-refractivity contribution in [1.29, 1.82) is 0 Å². The fourth-order valence-electron chi connectivity index (χ4n) is 2.36. The zero-order valence-corrected chi connectivity index (χ0v) is 12.8. The standard InChI is InChI=1S/C16H18ClFN2O/c1-20(12-6-3-5-11(18)9-12)14(10-19)16-13(17)7-4-8-15(16)21-2/h3-9,14H,10,19H2,1-2H3. The molecular formula is C16H18ClFN2O. The Bertz CT molecular complexity index is 621. The maximum Gasteiger partial charge on any atom is 0.125 e. The first-order valence-corrected chi connectivity index (χ1v) is 6.97. The highest BCUT2D eigenvalue weighted by Crippen LogP contribution is 2.36. The molecule has 2 aromatic carbocycles. The van der Waals surface area contributed by atoms with Crippen LogP contribution in [-0.2, 0) is 0 Å². The molecule has 2 rings (SSSR count). The molecule has 2 aromatic rings. The number of benzene rings is 2. The van der Waals surface area contributed by atoms with Crippen molar-refractivity contribution < 1.29 is 9.13 Å². The second-order valence-corrected chi connectivity index (χ2v) is 5.11. The molecule has 21 heavy (non-hydrogen) atoms. The Morgan fingerprint density at radius 1 is 1.29 bits per heavy atom. The van der Waals surface area contributed by atoms with Crippen LogP contribution in [0.15, 0.2) is 42.5 Å². The van der Waals surface area contributed by atoms with E-state index in [1.54, 1.807) is 19.2 Å². The van der Waals surface area contributed by atoms with Crippen molar-refractivity contribution in [2.75, 3.05) is 25.6 Å². The van der Waals surface area contributed by atoms with Crippen molar-refractivity contribution in [2.45, 2.75) is 6.04 Å². The molecule has 0 saturated heterocycles. The van der Waals surface area contributed by atoms with E-state index < -0.39 is 0 Å². The lowest BCUT2D eigenvalue weighted by atomic mass is 10.0. The Hall–Kier alpha value is -1.78. The third-order valence-corrected chi connectivity index (χ3v) is 3.80. The van der Waals surface area contributed by atoms with Crippen molar-refractivity contribution in [1.82, 2.24) is 0 Å². The van der Waals surface area contributed by atoms with Crippen LogP contribution in [0.25, 0.3) is 0 Å². The van der Waals surface area contributed by atoms with Gasteiger partial charge in [-0.05, 0) is 30.3 Å². The molecule has 0 aliphatic carbocycles. The van der Waals surface area contributed by atoms with Gasteiger partial charge >= 0.3 is 0 Å². The van der Waals surface area contributed by atoms with E-state index in [4.69, 9.17) is 22.1 Å². The van der Waals surface area contributed by atoms with E-state index in [0.29, 0.717) is 17.3 Å². The Balaban J connectivity index is 2.44. The minimum Gasteiger partial charge on any atom is -0.496 e. The first-order valence-electron chi connectivity index (χ1n) is 6.59. The molecule has 0 aliphatic rings. The van der Waals surface area contributed by atoms with Gasteiger partial charge in [0.15, 0.2) is 0 Å². The molecule has 0 bridgehead atoms. The minimum atomic E-state index is -0.291. The number of hydrogen-bond acceptors (Lipinski definition) is 3. The van der Waals surface area contributed by atoms with Gasteiger partial charge < -0.3 is 15.4 Å². The molecule has 0 radical (unpaired) electrons. The number of likely N-dealkylation sites (N-methyl/N-ethyl adjacent to an activating group) is 1. The van der Waals surface area contributed by atoms with Crippen molar-refractivity contribution in [2.24, 2.45) is 5.73 Å². The summed E-state index contributed by atoms with van der Waals surface area (Å²) in [5.41, 5.74) is 7.45. The Labute approximate surface area is 129 Å². The van der Waals surface area contributed by atoms with Crippen LogP contribution in [-0.4, -0.2) is 20.7 Å². The van der Waals surface area contributed by atoms with Crippen LogP contribution in [0.2, 0.25) is 5.02 Å². The molecule has 0 aromatic heterocycles. The number of halogens is 2. The number of anilines is 1. The first-order chi connectivity index (χ1) is 10.1. The SMILES string of the molecule is COc1cccc(Cl)c1C(CN)N(C)c1cccc(F)c1. The van der Waals surface area contributed by atoms with Gasteiger partial charge in [-0.25, -0.2) is 4.39 Å². The highest BCUT2D eigenvalue weighted by atomic mass is 35.5. The third kappa shape index (κ3) is 3.28. The second kappa shape index (κ2) is 6.78. The van der Waals surface area contributed by atoms with E-state index in [9.17, 15) is 4.39 Å². The summed E-state index contributed by atoms with van der Waals surface area (Å²) in [4.78, 5) is 1.90. The number of rotatable bonds is 5. The van der Waals surface area contributed by atoms with E-state index in [-0.39, 0.29) is 11.9 Å². The number of ether oxygens (including phenoxy) is 1. The third-order valence-electron chi connectivity index (χ3n) is 3.47. The normalized spacial score (nSPS) is 12.0. The highest BCUT2D eigenvalue weighted by Gasteiger charge is 2.22. The molecule has 3 nitrogen and oxygen atoms in total. The van der Waals surface area contributed by atoms with E-state index >= 15 is 0 Å². The average Bonchev–Trinajstić information content (AvgIpc) is 2.49. The maximum absolute atomic E-state index is 13.4. The van der Waals surface area contributed by atoms with Crippen LogP contribution in [0.1, 0.15) is 11.6 Å². The van der Waals surface area contributed by atoms with E-state index in [1.807, 2.05) is 30.1 Å². The van der Waals surface area contributed by atoms with E-state index in [2.05, 4.69) is 0 Å². The maximum atomic E-state index is 13.4. The fraction of sp³-hybridized carbons (Fsp3) is 0.250. The topological polar surface area (TPSA) is 38.5 Å². The minimum absolute atomic E-state index is 0.213. The van der Waals surface area contributed by atoms with Crippen LogP contribution < -0.4 is 15.4 Å². The summed E-state index contributed by atoms with van der Waals surface area (Å²) < 4.78 is 18.8. The molecule has 2 N–H and O–H groups in total. The quantitative estimate of drug-likeness (QED) is 0.917. The Morgan fingerprint density at radius 2 is 2.00 bits per heavy atom. The van der Waals surface area contributed by atoms with Gasteiger partial charge in [0.25, 0.3) is 0 Å². The first kappa shape index (κ1) is 15.6. The van der Waals surface area contributed by atoms with Crippen molar-refractivity contribution in [3.05, 3.63) is 58.9 Å². The largest absolute Gasteiger partial charge is 0.496 e. The zero-order chi connectivity index (χ0) is 15.4. The van der Waals surface area contributed by atoms with Gasteiger partial charge in [0.2, 0.25) is 0 Å². The van der Waals surface area contributed by atoms with Gasteiger partial charge in [0, 0.05) is 29.9 Å². The lowest BCUT2D eigenvalue weighted by Gasteiger charge is -2.31. The van der Waals surface area contributed by atoms with Crippen LogP contribution in [0.4, 0.5) is 10.1 Å². The molecule has 0 aliphatic heterocycles. The summed E-state index contributed by atoms with van der Waals surface area (Å²) in [5.74, 6) is 0.377. The number of nitrogens with two attached hydrogens (primary N) is 1. The summed E-state index contributed by atoms with van der Waals surface area (Å²) in [7, 11) is 3.44. The monoisotopic (exact) mass is 308 g/mol. The van der Waals surface area contributed by atoms with Gasteiger partial charge in [-0.3, -0.25) is 0 Å². The number of methoxy groups -OCH3 is 1. The molecule has 0 saturated carbocycles. The van der Waals surface area contributed by atoms with Crippen molar-refractivity contribution >= 4 is 17.3 Å². The summed E-state index contributed by atoms with van der Waals surface area (Å²) in [6.45, 7) is 0.326. The predicted molar refractivity (Wildman–Crippen MR) is 84.6 cm³/mol. The number of hydrogen-bond donors (Lipinski definition) is 1. The molecule has 0 spiro atoms. The summed E-state index contributed by atoms with van der Waals surface area (Å²) in [6.07, 6.45) is 0. The molecular weight excluding hydrogens is 291 g/mol. The van der Waals surface area contributed by atoms with Crippen molar-refractivity contribution in [3.63, 3.8) is 0 Å². The van der Waals surface area contributed by atoms with Crippen LogP contribution in [0, 0.1) is 5.82 Å². The predicted octanol–water partition coefficient (Wildman–Crippen LogP) is 3.62. The smallest absolute Gasteiger partial charge is 0.125 e. The molecule has 112 valence electrons. The Morgan fingerprint density at radius 3 is 2.62 bits per heavy atom. The van der Waals surface area contributed by atoms with Gasteiger partial charge in [-0.2, -0.15) is 0 Å². The molecule has 1 unspecified atom stereocenters. The van der Waals surface area contributed by atoms with Crippen LogP contribution in [0.3, 0.4) is 0 Å². The lowest BCUT2D eigenvalue weighted by molar-refractivity contribution is 0.405. The molecule has 0 fully saturated rings. The van der Waals surface area contributed by atoms with Gasteiger partial charge in [-0.15, -0.1) is 0 Å². The average molecular weight is 309 g/mol. The summed E-state index contributed by atoms with van der Waals surface area (Å²) in [6, 6.07) is 11.6. The zero-order valence-electron chi connectivity index (χ0n) is 12.0. The van der Waals surface area contributed by atoms with Gasteiger partial charge in [-0.1, -0.05) is 23.7 Å². The number of nitrogens with zero attached hydrogens (tertiary/aromatic N) is 1. The van der Waals surface area contributed by atoms with Crippen molar-refractivity contribution in [3.8, 4) is 5.75 Å². The Kier molecular flexibility index (Phi) is 5.04. The van der Waals surface area contributed by atoms with Crippen LogP contribution >= 0.6 is 11.6 Å². The molecule has 0 amide bonds. The molecule has 5 heteroatoms. The highest BCUT2D eigenvalue weighted by molar-refractivity contribution is 6.31. The van der Waals surface area contributed by atoms with Gasteiger partial charge in [0.1, 0.15) is 11.6 Å². The second-order valence-electron chi connectivity index (χ2n) is 4.70.